The molecule has 0 aromatic carbocycles. The molecule has 0 spiro atoms. The zero-order valence-electron chi connectivity index (χ0n) is 9.91. The third kappa shape index (κ3) is 1.51. The lowest BCUT2D eigenvalue weighted by molar-refractivity contribution is 0.117. The molecule has 0 heterocycles. The lowest BCUT2D eigenvalue weighted by Gasteiger charge is -2.23. The van der Waals surface area contributed by atoms with Crippen LogP contribution in [0.15, 0.2) is 11.8 Å². The fourth-order valence-corrected chi connectivity index (χ4v) is 3.96. The second-order valence-electron chi connectivity index (χ2n) is 5.75. The van der Waals surface area contributed by atoms with E-state index in [9.17, 15) is 0 Å². The van der Waals surface area contributed by atoms with Crippen LogP contribution in [0, 0.1) is 23.7 Å². The first kappa shape index (κ1) is 9.74. The van der Waals surface area contributed by atoms with E-state index in [1.807, 2.05) is 0 Å². The molecular weight excluding hydrogens is 184 g/mol. The molecule has 0 aromatic rings. The Kier molecular flexibility index (Phi) is 2.30. The predicted octanol–water partition coefficient (Wildman–Crippen LogP) is 3.75. The molecule has 0 N–H and O–H groups in total. The van der Waals surface area contributed by atoms with Crippen molar-refractivity contribution in [1.82, 2.24) is 0 Å². The number of ether oxygens (including phenoxy) is 1. The van der Waals surface area contributed by atoms with Crippen LogP contribution in [0.2, 0.25) is 0 Å². The molecule has 5 atom stereocenters. The summed E-state index contributed by atoms with van der Waals surface area (Å²) in [5.41, 5.74) is 0. The number of fused-ring (bicyclic) bond motifs is 5. The molecule has 2 bridgehead atoms. The van der Waals surface area contributed by atoms with Gasteiger partial charge in [-0.05, 0) is 62.4 Å². The Hall–Kier alpha value is -0.460. The van der Waals surface area contributed by atoms with Gasteiger partial charge in [0, 0.05) is 6.42 Å². The van der Waals surface area contributed by atoms with Crippen LogP contribution in [0.3, 0.4) is 0 Å². The van der Waals surface area contributed by atoms with Crippen LogP contribution < -0.4 is 0 Å². The van der Waals surface area contributed by atoms with Crippen LogP contribution in [0.4, 0.5) is 0 Å². The van der Waals surface area contributed by atoms with Gasteiger partial charge in [-0.25, -0.2) is 0 Å². The van der Waals surface area contributed by atoms with Crippen molar-refractivity contribution in [2.24, 2.45) is 23.7 Å². The molecule has 3 rings (SSSR count). The quantitative estimate of drug-likeness (QED) is 0.683. The second-order valence-corrected chi connectivity index (χ2v) is 5.75. The van der Waals surface area contributed by atoms with Crippen LogP contribution in [0.25, 0.3) is 0 Å². The molecule has 0 aromatic heterocycles. The zero-order chi connectivity index (χ0) is 10.4. The standard InChI is InChI=1S/C14H22O/c1-3-9(2)15-12-7-13-10-4-5-11(6-10)14(13)8-12/h7,9-11,13-14H,3-6,8H2,1-2H3. The summed E-state index contributed by atoms with van der Waals surface area (Å²) in [7, 11) is 0. The van der Waals surface area contributed by atoms with Crippen molar-refractivity contribution in [3.05, 3.63) is 11.8 Å². The molecule has 1 nitrogen and oxygen atoms in total. The zero-order valence-corrected chi connectivity index (χ0v) is 9.91. The minimum atomic E-state index is 0.410. The van der Waals surface area contributed by atoms with Gasteiger partial charge in [0.15, 0.2) is 0 Å². The average Bonchev–Trinajstić information content (AvgIpc) is 2.87. The molecular formula is C14H22O. The SMILES string of the molecule is CCC(C)OC1=CC2C3CCC(C3)C2C1. The molecule has 0 radical (unpaired) electrons. The van der Waals surface area contributed by atoms with E-state index < -0.39 is 0 Å². The average molecular weight is 206 g/mol. The van der Waals surface area contributed by atoms with Gasteiger partial charge in [-0.15, -0.1) is 0 Å². The van der Waals surface area contributed by atoms with E-state index in [1.165, 1.54) is 31.4 Å². The van der Waals surface area contributed by atoms with E-state index in [0.29, 0.717) is 6.10 Å². The summed E-state index contributed by atoms with van der Waals surface area (Å²) in [4.78, 5) is 0. The summed E-state index contributed by atoms with van der Waals surface area (Å²) in [6, 6.07) is 0. The Morgan fingerprint density at radius 2 is 2.20 bits per heavy atom. The fraction of sp³-hybridized carbons (Fsp3) is 0.857. The van der Waals surface area contributed by atoms with Crippen LogP contribution >= 0.6 is 0 Å². The van der Waals surface area contributed by atoms with Crippen molar-refractivity contribution in [2.45, 2.75) is 52.1 Å². The highest BCUT2D eigenvalue weighted by Crippen LogP contribution is 2.57. The van der Waals surface area contributed by atoms with E-state index in [4.69, 9.17) is 4.74 Å². The molecule has 1 heteroatoms. The number of hydrogen-bond acceptors (Lipinski definition) is 1. The molecule has 3 aliphatic carbocycles. The van der Waals surface area contributed by atoms with Crippen molar-refractivity contribution < 1.29 is 4.74 Å². The van der Waals surface area contributed by atoms with Crippen molar-refractivity contribution in [3.8, 4) is 0 Å². The van der Waals surface area contributed by atoms with Gasteiger partial charge in [-0.1, -0.05) is 6.92 Å². The molecule has 0 saturated heterocycles. The molecule has 5 unspecified atom stereocenters. The minimum absolute atomic E-state index is 0.410. The van der Waals surface area contributed by atoms with Gasteiger partial charge in [0.05, 0.1) is 11.9 Å². The highest BCUT2D eigenvalue weighted by molar-refractivity contribution is 5.16. The minimum Gasteiger partial charge on any atom is -0.495 e. The number of hydrogen-bond donors (Lipinski definition) is 0. The molecule has 15 heavy (non-hydrogen) atoms. The first-order valence-electron chi connectivity index (χ1n) is 6.65. The second kappa shape index (κ2) is 3.54. The maximum absolute atomic E-state index is 5.98. The fourth-order valence-electron chi connectivity index (χ4n) is 3.96. The van der Waals surface area contributed by atoms with Crippen LogP contribution in [-0.2, 0) is 4.74 Å². The molecule has 3 aliphatic rings. The summed E-state index contributed by atoms with van der Waals surface area (Å²) in [5, 5.41) is 0. The monoisotopic (exact) mass is 206 g/mol. The Morgan fingerprint density at radius 3 is 2.93 bits per heavy atom. The van der Waals surface area contributed by atoms with Gasteiger partial charge < -0.3 is 4.74 Å². The topological polar surface area (TPSA) is 9.23 Å². The summed E-state index contributed by atoms with van der Waals surface area (Å²) in [6.45, 7) is 4.38. The smallest absolute Gasteiger partial charge is 0.0951 e. The first-order valence-corrected chi connectivity index (χ1v) is 6.65. The highest BCUT2D eigenvalue weighted by atomic mass is 16.5. The Morgan fingerprint density at radius 1 is 1.40 bits per heavy atom. The number of allylic oxidation sites excluding steroid dienone is 2. The molecule has 2 saturated carbocycles. The highest BCUT2D eigenvalue weighted by Gasteiger charge is 2.49. The predicted molar refractivity (Wildman–Crippen MR) is 61.3 cm³/mol. The van der Waals surface area contributed by atoms with Gasteiger partial charge in [-0.2, -0.15) is 0 Å². The molecule has 2 fully saturated rings. The van der Waals surface area contributed by atoms with Crippen molar-refractivity contribution in [2.75, 3.05) is 0 Å². The van der Waals surface area contributed by atoms with Crippen molar-refractivity contribution >= 4 is 0 Å². The lowest BCUT2D eigenvalue weighted by atomic mass is 9.82. The first-order chi connectivity index (χ1) is 7.28. The lowest BCUT2D eigenvalue weighted by Crippen LogP contribution is -2.16. The number of rotatable bonds is 3. The van der Waals surface area contributed by atoms with Crippen molar-refractivity contribution in [1.29, 1.82) is 0 Å². The van der Waals surface area contributed by atoms with E-state index >= 15 is 0 Å². The third-order valence-electron chi connectivity index (χ3n) is 4.90. The van der Waals surface area contributed by atoms with E-state index in [1.54, 1.807) is 0 Å². The largest absolute Gasteiger partial charge is 0.495 e. The maximum atomic E-state index is 5.98. The molecule has 84 valence electrons. The van der Waals surface area contributed by atoms with Gasteiger partial charge in [0.1, 0.15) is 0 Å². The molecule has 0 amide bonds. The summed E-state index contributed by atoms with van der Waals surface area (Å²) in [6.07, 6.45) is 9.75. The van der Waals surface area contributed by atoms with E-state index in [-0.39, 0.29) is 0 Å². The van der Waals surface area contributed by atoms with Gasteiger partial charge in [-0.3, -0.25) is 0 Å². The Balaban J connectivity index is 1.67. The summed E-state index contributed by atoms with van der Waals surface area (Å²) < 4.78 is 5.98. The van der Waals surface area contributed by atoms with Crippen LogP contribution in [0.5, 0.6) is 0 Å². The van der Waals surface area contributed by atoms with Gasteiger partial charge in [0.2, 0.25) is 0 Å². The summed E-state index contributed by atoms with van der Waals surface area (Å²) in [5.74, 6) is 5.22. The molecule has 0 aliphatic heterocycles. The Bertz CT molecular complexity index is 281. The third-order valence-corrected chi connectivity index (χ3v) is 4.90. The van der Waals surface area contributed by atoms with E-state index in [2.05, 4.69) is 19.9 Å². The van der Waals surface area contributed by atoms with Crippen LogP contribution in [-0.4, -0.2) is 6.10 Å². The van der Waals surface area contributed by atoms with Crippen molar-refractivity contribution in [3.63, 3.8) is 0 Å². The maximum Gasteiger partial charge on any atom is 0.0951 e. The van der Waals surface area contributed by atoms with Gasteiger partial charge >= 0.3 is 0 Å². The van der Waals surface area contributed by atoms with Crippen LogP contribution in [0.1, 0.15) is 46.0 Å². The Labute approximate surface area is 92.9 Å². The summed E-state index contributed by atoms with van der Waals surface area (Å²) >= 11 is 0. The van der Waals surface area contributed by atoms with E-state index in [0.717, 1.165) is 30.1 Å². The van der Waals surface area contributed by atoms with Gasteiger partial charge in [0.25, 0.3) is 0 Å². The normalized spacial score (nSPS) is 44.0.